The van der Waals surface area contributed by atoms with Crippen molar-refractivity contribution in [3.05, 3.63) is 58.4 Å². The van der Waals surface area contributed by atoms with Crippen LogP contribution in [0, 0.1) is 6.92 Å². The van der Waals surface area contributed by atoms with Gasteiger partial charge in [0.1, 0.15) is 12.3 Å². The molecule has 0 bridgehead atoms. The van der Waals surface area contributed by atoms with E-state index in [9.17, 15) is 9.59 Å². The average molecular weight is 441 g/mol. The minimum Gasteiger partial charge on any atom is -0.494 e. The molecule has 0 aliphatic carbocycles. The standard InChI is InChI=1S/C24H28N2O4S/c1-4-6-7-14-30-19-11-9-18(10-12-19)23(28)25-24-26(16-22(27)29-5-2)20-13-8-17(3)15-21(20)31-24/h8-13,15H,4-7,14,16H2,1-3H3. The van der Waals surface area contributed by atoms with E-state index in [1.54, 1.807) is 35.8 Å². The number of benzene rings is 2. The maximum Gasteiger partial charge on any atom is 0.326 e. The Morgan fingerprint density at radius 1 is 1.06 bits per heavy atom. The largest absolute Gasteiger partial charge is 0.494 e. The van der Waals surface area contributed by atoms with Crippen LogP contribution in [0.4, 0.5) is 0 Å². The van der Waals surface area contributed by atoms with Crippen LogP contribution in [0.3, 0.4) is 0 Å². The SMILES string of the molecule is CCCCCOc1ccc(C(=O)N=c2sc3cc(C)ccc3n2CC(=O)OCC)cc1. The van der Waals surface area contributed by atoms with Crippen LogP contribution in [0.25, 0.3) is 10.2 Å². The fraction of sp³-hybridized carbons (Fsp3) is 0.375. The lowest BCUT2D eigenvalue weighted by atomic mass is 10.2. The monoisotopic (exact) mass is 440 g/mol. The third-order valence-electron chi connectivity index (χ3n) is 4.75. The average Bonchev–Trinajstić information content (AvgIpc) is 3.07. The predicted molar refractivity (Wildman–Crippen MR) is 123 cm³/mol. The van der Waals surface area contributed by atoms with Gasteiger partial charge in [0.2, 0.25) is 0 Å². The number of carbonyl (C=O) groups is 2. The molecule has 3 aromatic rings. The molecule has 0 fully saturated rings. The van der Waals surface area contributed by atoms with Crippen molar-refractivity contribution in [1.29, 1.82) is 0 Å². The van der Waals surface area contributed by atoms with Crippen molar-refractivity contribution < 1.29 is 19.1 Å². The van der Waals surface area contributed by atoms with E-state index in [2.05, 4.69) is 11.9 Å². The smallest absolute Gasteiger partial charge is 0.326 e. The molecule has 0 unspecified atom stereocenters. The molecule has 164 valence electrons. The van der Waals surface area contributed by atoms with E-state index in [1.807, 2.05) is 25.1 Å². The number of aromatic nitrogens is 1. The summed E-state index contributed by atoms with van der Waals surface area (Å²) in [6.07, 6.45) is 3.29. The first-order valence-electron chi connectivity index (χ1n) is 10.6. The Bertz CT molecular complexity index is 1110. The molecule has 1 amide bonds. The van der Waals surface area contributed by atoms with Crippen LogP contribution in [0.5, 0.6) is 5.75 Å². The number of rotatable bonds is 9. The molecule has 0 radical (unpaired) electrons. The van der Waals surface area contributed by atoms with E-state index >= 15 is 0 Å². The molecule has 31 heavy (non-hydrogen) atoms. The zero-order valence-corrected chi connectivity index (χ0v) is 19.0. The van der Waals surface area contributed by atoms with Crippen molar-refractivity contribution in [3.63, 3.8) is 0 Å². The first-order valence-corrected chi connectivity index (χ1v) is 11.4. The number of fused-ring (bicyclic) bond motifs is 1. The van der Waals surface area contributed by atoms with Gasteiger partial charge in [0.15, 0.2) is 4.80 Å². The molecule has 0 N–H and O–H groups in total. The summed E-state index contributed by atoms with van der Waals surface area (Å²) in [5, 5.41) is 0. The van der Waals surface area contributed by atoms with Crippen LogP contribution in [-0.4, -0.2) is 29.7 Å². The number of ether oxygens (including phenoxy) is 2. The Hall–Kier alpha value is -2.93. The van der Waals surface area contributed by atoms with Gasteiger partial charge in [-0.2, -0.15) is 4.99 Å². The molecule has 2 aromatic carbocycles. The molecule has 6 nitrogen and oxygen atoms in total. The van der Waals surface area contributed by atoms with Crippen molar-refractivity contribution >= 4 is 33.4 Å². The zero-order valence-electron chi connectivity index (χ0n) is 18.2. The van der Waals surface area contributed by atoms with Gasteiger partial charge in [-0.05, 0) is 62.2 Å². The minimum absolute atomic E-state index is 0.00749. The second-order valence-electron chi connectivity index (χ2n) is 7.24. The van der Waals surface area contributed by atoms with E-state index in [-0.39, 0.29) is 18.4 Å². The summed E-state index contributed by atoms with van der Waals surface area (Å²) in [6.45, 7) is 6.90. The molecule has 0 aliphatic heterocycles. The van der Waals surface area contributed by atoms with Crippen LogP contribution in [0.2, 0.25) is 0 Å². The van der Waals surface area contributed by atoms with Crippen molar-refractivity contribution in [1.82, 2.24) is 4.57 Å². The quantitative estimate of drug-likeness (QED) is 0.351. The summed E-state index contributed by atoms with van der Waals surface area (Å²) in [7, 11) is 0. The molecule has 1 heterocycles. The summed E-state index contributed by atoms with van der Waals surface area (Å²) in [5.74, 6) is 0.0158. The van der Waals surface area contributed by atoms with E-state index in [1.165, 1.54) is 11.3 Å². The molecule has 0 spiro atoms. The highest BCUT2D eigenvalue weighted by molar-refractivity contribution is 7.16. The third kappa shape index (κ3) is 6.04. The Labute approximate surface area is 186 Å². The topological polar surface area (TPSA) is 69.9 Å². The number of amides is 1. The van der Waals surface area contributed by atoms with E-state index in [4.69, 9.17) is 9.47 Å². The fourth-order valence-corrected chi connectivity index (χ4v) is 4.27. The van der Waals surface area contributed by atoms with Gasteiger partial charge >= 0.3 is 5.97 Å². The predicted octanol–water partition coefficient (Wildman–Crippen LogP) is 4.88. The Kier molecular flexibility index (Phi) is 8.00. The molecule has 0 aliphatic rings. The number of hydrogen-bond acceptors (Lipinski definition) is 5. The highest BCUT2D eigenvalue weighted by atomic mass is 32.1. The summed E-state index contributed by atoms with van der Waals surface area (Å²) >= 11 is 1.38. The second kappa shape index (κ2) is 10.9. The molecular weight excluding hydrogens is 412 g/mol. The maximum absolute atomic E-state index is 12.8. The van der Waals surface area contributed by atoms with Crippen molar-refractivity contribution in [2.75, 3.05) is 13.2 Å². The van der Waals surface area contributed by atoms with Gasteiger partial charge < -0.3 is 14.0 Å². The lowest BCUT2D eigenvalue weighted by Crippen LogP contribution is -2.23. The highest BCUT2D eigenvalue weighted by Gasteiger charge is 2.13. The number of unbranched alkanes of at least 4 members (excludes halogenated alkanes) is 2. The van der Waals surface area contributed by atoms with Crippen LogP contribution in [0.1, 0.15) is 49.0 Å². The second-order valence-corrected chi connectivity index (χ2v) is 8.25. The van der Waals surface area contributed by atoms with Crippen molar-refractivity contribution in [2.24, 2.45) is 4.99 Å². The maximum atomic E-state index is 12.8. The molecular formula is C24H28N2O4S. The van der Waals surface area contributed by atoms with E-state index < -0.39 is 0 Å². The van der Waals surface area contributed by atoms with Crippen LogP contribution in [-0.2, 0) is 16.1 Å². The van der Waals surface area contributed by atoms with Crippen molar-refractivity contribution in [3.8, 4) is 5.75 Å². The number of nitrogens with zero attached hydrogens (tertiary/aromatic N) is 2. The Morgan fingerprint density at radius 3 is 2.55 bits per heavy atom. The van der Waals surface area contributed by atoms with Gasteiger partial charge in [0, 0.05) is 5.56 Å². The molecule has 0 saturated heterocycles. The molecule has 0 atom stereocenters. The third-order valence-corrected chi connectivity index (χ3v) is 5.79. The molecule has 1 aromatic heterocycles. The van der Waals surface area contributed by atoms with Gasteiger partial charge in [-0.3, -0.25) is 9.59 Å². The minimum atomic E-state index is -0.363. The molecule has 0 saturated carbocycles. The molecule has 7 heteroatoms. The number of aryl methyl sites for hydroxylation is 1. The first kappa shape index (κ1) is 22.7. The van der Waals surface area contributed by atoms with Gasteiger partial charge in [-0.25, -0.2) is 0 Å². The lowest BCUT2D eigenvalue weighted by molar-refractivity contribution is -0.143. The number of esters is 1. The van der Waals surface area contributed by atoms with Gasteiger partial charge in [-0.1, -0.05) is 37.2 Å². The van der Waals surface area contributed by atoms with Crippen LogP contribution >= 0.6 is 11.3 Å². The number of thiazole rings is 1. The summed E-state index contributed by atoms with van der Waals surface area (Å²) in [5.41, 5.74) is 2.42. The van der Waals surface area contributed by atoms with Crippen LogP contribution in [0.15, 0.2) is 47.5 Å². The zero-order chi connectivity index (χ0) is 22.2. The van der Waals surface area contributed by atoms with Gasteiger partial charge in [0.05, 0.1) is 23.4 Å². The summed E-state index contributed by atoms with van der Waals surface area (Å²) in [6, 6.07) is 12.9. The molecule has 3 rings (SSSR count). The fourth-order valence-electron chi connectivity index (χ4n) is 3.14. The normalized spacial score (nSPS) is 11.6. The Balaban J connectivity index is 1.86. The van der Waals surface area contributed by atoms with Gasteiger partial charge in [-0.15, -0.1) is 0 Å². The van der Waals surface area contributed by atoms with Crippen molar-refractivity contribution in [2.45, 2.75) is 46.6 Å². The number of carbonyl (C=O) groups excluding carboxylic acids is 2. The first-order chi connectivity index (χ1) is 15.0. The Morgan fingerprint density at radius 2 is 1.84 bits per heavy atom. The highest BCUT2D eigenvalue weighted by Crippen LogP contribution is 2.19. The summed E-state index contributed by atoms with van der Waals surface area (Å²) in [4.78, 5) is 29.7. The van der Waals surface area contributed by atoms with Crippen LogP contribution < -0.4 is 9.54 Å². The number of hydrogen-bond donors (Lipinski definition) is 0. The van der Waals surface area contributed by atoms with Gasteiger partial charge in [0.25, 0.3) is 5.91 Å². The lowest BCUT2D eigenvalue weighted by Gasteiger charge is -2.06. The van der Waals surface area contributed by atoms with E-state index in [0.717, 1.165) is 40.8 Å². The summed E-state index contributed by atoms with van der Waals surface area (Å²) < 4.78 is 13.5. The van der Waals surface area contributed by atoms with E-state index in [0.29, 0.717) is 23.6 Å².